The van der Waals surface area contributed by atoms with Gasteiger partial charge in [0.15, 0.2) is 0 Å². The largest absolute Gasteiger partial charge is 0.378 e. The second-order valence-corrected chi connectivity index (χ2v) is 6.42. The third-order valence-corrected chi connectivity index (χ3v) is 4.71. The van der Waals surface area contributed by atoms with E-state index in [2.05, 4.69) is 40.5 Å². The van der Waals surface area contributed by atoms with Crippen LogP contribution in [0.25, 0.3) is 0 Å². The molecule has 2 heterocycles. The van der Waals surface area contributed by atoms with Gasteiger partial charge in [-0.05, 0) is 37.7 Å². The Hall–Kier alpha value is -0.900. The number of ether oxygens (including phenoxy) is 1. The average molecular weight is 288 g/mol. The summed E-state index contributed by atoms with van der Waals surface area (Å²) in [5.74, 6) is 0. The molecule has 2 atom stereocenters. The first kappa shape index (κ1) is 15.0. The van der Waals surface area contributed by atoms with Crippen molar-refractivity contribution in [2.45, 2.75) is 44.2 Å². The van der Waals surface area contributed by atoms with Crippen LogP contribution < -0.4 is 5.32 Å². The number of nitrogens with one attached hydrogen (secondary N) is 1. The number of piperazine rings is 1. The molecular weight excluding hydrogens is 260 g/mol. The van der Waals surface area contributed by atoms with E-state index in [1.807, 2.05) is 0 Å². The van der Waals surface area contributed by atoms with Crippen LogP contribution in [0, 0.1) is 0 Å². The standard InChI is InChI=1S/C18H28N2O/c1-2-6-16(7-3-1)14-17-15-20(12-10-19-17)11-9-18-8-4-5-13-21-18/h1-3,6-7,17-19H,4-5,8-15H2. The fraction of sp³-hybridized carbons (Fsp3) is 0.667. The predicted molar refractivity (Wildman–Crippen MR) is 86.6 cm³/mol. The molecule has 2 saturated heterocycles. The van der Waals surface area contributed by atoms with Crippen molar-refractivity contribution in [3.63, 3.8) is 0 Å². The smallest absolute Gasteiger partial charge is 0.0587 e. The lowest BCUT2D eigenvalue weighted by atomic mass is 10.0. The fourth-order valence-corrected chi connectivity index (χ4v) is 3.49. The maximum atomic E-state index is 5.85. The van der Waals surface area contributed by atoms with Crippen LogP contribution in [0.4, 0.5) is 0 Å². The summed E-state index contributed by atoms with van der Waals surface area (Å²) in [7, 11) is 0. The summed E-state index contributed by atoms with van der Waals surface area (Å²) < 4.78 is 5.85. The molecule has 0 radical (unpaired) electrons. The Morgan fingerprint density at radius 2 is 2.10 bits per heavy atom. The molecule has 1 aromatic rings. The molecule has 3 nitrogen and oxygen atoms in total. The SMILES string of the molecule is c1ccc(CC2CN(CCC3CCCCO3)CCN2)cc1. The normalized spacial score (nSPS) is 27.6. The molecule has 1 N–H and O–H groups in total. The molecule has 0 aliphatic carbocycles. The summed E-state index contributed by atoms with van der Waals surface area (Å²) in [6.45, 7) is 5.63. The van der Waals surface area contributed by atoms with Crippen molar-refractivity contribution in [2.75, 3.05) is 32.8 Å². The highest BCUT2D eigenvalue weighted by Gasteiger charge is 2.21. The summed E-state index contributed by atoms with van der Waals surface area (Å²) in [4.78, 5) is 2.61. The Kier molecular flexibility index (Phi) is 5.67. The van der Waals surface area contributed by atoms with E-state index in [-0.39, 0.29) is 0 Å². The molecule has 0 saturated carbocycles. The molecule has 0 bridgehead atoms. The Morgan fingerprint density at radius 1 is 1.19 bits per heavy atom. The zero-order valence-electron chi connectivity index (χ0n) is 13.0. The molecule has 3 rings (SSSR count). The van der Waals surface area contributed by atoms with Crippen LogP contribution in [0.15, 0.2) is 30.3 Å². The molecule has 2 aliphatic rings. The summed E-state index contributed by atoms with van der Waals surface area (Å²) in [5.41, 5.74) is 1.44. The average Bonchev–Trinajstić information content (AvgIpc) is 2.55. The van der Waals surface area contributed by atoms with Gasteiger partial charge in [0.2, 0.25) is 0 Å². The van der Waals surface area contributed by atoms with Gasteiger partial charge in [-0.1, -0.05) is 30.3 Å². The van der Waals surface area contributed by atoms with E-state index in [0.717, 1.165) is 19.6 Å². The maximum absolute atomic E-state index is 5.85. The predicted octanol–water partition coefficient (Wildman–Crippen LogP) is 2.46. The van der Waals surface area contributed by atoms with Crippen molar-refractivity contribution in [3.8, 4) is 0 Å². The quantitative estimate of drug-likeness (QED) is 0.901. The van der Waals surface area contributed by atoms with E-state index in [4.69, 9.17) is 4.74 Å². The lowest BCUT2D eigenvalue weighted by molar-refractivity contribution is 0.00402. The summed E-state index contributed by atoms with van der Waals surface area (Å²) in [6, 6.07) is 11.4. The van der Waals surface area contributed by atoms with Crippen molar-refractivity contribution in [1.82, 2.24) is 10.2 Å². The number of hydrogen-bond acceptors (Lipinski definition) is 3. The van der Waals surface area contributed by atoms with Crippen molar-refractivity contribution < 1.29 is 4.74 Å². The minimum absolute atomic E-state index is 0.515. The van der Waals surface area contributed by atoms with Gasteiger partial charge in [0, 0.05) is 38.8 Å². The summed E-state index contributed by atoms with van der Waals surface area (Å²) in [6.07, 6.45) is 6.72. The highest BCUT2D eigenvalue weighted by Crippen LogP contribution is 2.16. The van der Waals surface area contributed by atoms with Crippen LogP contribution in [-0.2, 0) is 11.2 Å². The van der Waals surface area contributed by atoms with Gasteiger partial charge in [-0.3, -0.25) is 0 Å². The minimum Gasteiger partial charge on any atom is -0.378 e. The van der Waals surface area contributed by atoms with E-state index in [9.17, 15) is 0 Å². The first-order valence-electron chi connectivity index (χ1n) is 8.51. The Morgan fingerprint density at radius 3 is 2.90 bits per heavy atom. The van der Waals surface area contributed by atoms with Gasteiger partial charge in [0.05, 0.1) is 6.10 Å². The molecule has 116 valence electrons. The Balaban J connectivity index is 1.42. The van der Waals surface area contributed by atoms with Gasteiger partial charge < -0.3 is 15.0 Å². The van der Waals surface area contributed by atoms with E-state index in [0.29, 0.717) is 12.1 Å². The third-order valence-electron chi connectivity index (χ3n) is 4.71. The van der Waals surface area contributed by atoms with E-state index >= 15 is 0 Å². The molecule has 2 aliphatic heterocycles. The summed E-state index contributed by atoms with van der Waals surface area (Å²) in [5, 5.41) is 3.66. The molecule has 0 spiro atoms. The highest BCUT2D eigenvalue weighted by atomic mass is 16.5. The van der Waals surface area contributed by atoms with E-state index in [1.54, 1.807) is 0 Å². The molecule has 2 fully saturated rings. The van der Waals surface area contributed by atoms with Crippen LogP contribution in [0.3, 0.4) is 0 Å². The van der Waals surface area contributed by atoms with Crippen LogP contribution in [-0.4, -0.2) is 49.8 Å². The van der Waals surface area contributed by atoms with Gasteiger partial charge in [-0.2, -0.15) is 0 Å². The zero-order chi connectivity index (χ0) is 14.3. The van der Waals surface area contributed by atoms with Crippen LogP contribution >= 0.6 is 0 Å². The van der Waals surface area contributed by atoms with Gasteiger partial charge in [-0.25, -0.2) is 0 Å². The van der Waals surface area contributed by atoms with Crippen LogP contribution in [0.1, 0.15) is 31.2 Å². The Labute approximate surface area is 128 Å². The monoisotopic (exact) mass is 288 g/mol. The highest BCUT2D eigenvalue weighted by molar-refractivity contribution is 5.16. The van der Waals surface area contributed by atoms with Crippen LogP contribution in [0.2, 0.25) is 0 Å². The summed E-state index contributed by atoms with van der Waals surface area (Å²) >= 11 is 0. The molecule has 0 amide bonds. The van der Waals surface area contributed by atoms with Gasteiger partial charge in [-0.15, -0.1) is 0 Å². The lowest BCUT2D eigenvalue weighted by Crippen LogP contribution is -2.52. The Bertz CT molecular complexity index is 403. The lowest BCUT2D eigenvalue weighted by Gasteiger charge is -2.35. The van der Waals surface area contributed by atoms with Crippen molar-refractivity contribution in [2.24, 2.45) is 0 Å². The molecule has 3 heteroatoms. The molecule has 1 aromatic carbocycles. The van der Waals surface area contributed by atoms with E-state index in [1.165, 1.54) is 50.9 Å². The van der Waals surface area contributed by atoms with Crippen molar-refractivity contribution in [1.29, 1.82) is 0 Å². The molecule has 0 aromatic heterocycles. The van der Waals surface area contributed by atoms with Crippen molar-refractivity contribution in [3.05, 3.63) is 35.9 Å². The first-order valence-corrected chi connectivity index (χ1v) is 8.51. The minimum atomic E-state index is 0.515. The molecule has 21 heavy (non-hydrogen) atoms. The third kappa shape index (κ3) is 4.80. The van der Waals surface area contributed by atoms with Crippen LogP contribution in [0.5, 0.6) is 0 Å². The first-order chi connectivity index (χ1) is 10.4. The van der Waals surface area contributed by atoms with Gasteiger partial charge in [0.1, 0.15) is 0 Å². The molecule has 2 unspecified atom stereocenters. The van der Waals surface area contributed by atoms with E-state index < -0.39 is 0 Å². The fourth-order valence-electron chi connectivity index (χ4n) is 3.49. The number of hydrogen-bond donors (Lipinski definition) is 1. The molecular formula is C18H28N2O. The van der Waals surface area contributed by atoms with Gasteiger partial charge >= 0.3 is 0 Å². The van der Waals surface area contributed by atoms with Gasteiger partial charge in [0.25, 0.3) is 0 Å². The topological polar surface area (TPSA) is 24.5 Å². The van der Waals surface area contributed by atoms with Crippen molar-refractivity contribution >= 4 is 0 Å². The number of rotatable bonds is 5. The maximum Gasteiger partial charge on any atom is 0.0587 e. The number of benzene rings is 1. The second-order valence-electron chi connectivity index (χ2n) is 6.42. The second kappa shape index (κ2) is 7.92. The zero-order valence-corrected chi connectivity index (χ0v) is 13.0. The number of nitrogens with zero attached hydrogens (tertiary/aromatic N) is 1.